The average Bonchev–Trinajstić information content (AvgIpc) is 3.28. The number of rotatable bonds is 10. The smallest absolute Gasteiger partial charge is 0.200 e. The number of alkyl halides is 2. The van der Waals surface area contributed by atoms with Crippen LogP contribution in [0.2, 0.25) is 5.72 Å². The minimum absolute atomic E-state index is 0.175. The van der Waals surface area contributed by atoms with Crippen LogP contribution in [-0.2, 0) is 6.42 Å². The molecule has 0 fully saturated rings. The van der Waals surface area contributed by atoms with Crippen LogP contribution in [-0.4, -0.2) is 34.2 Å². The molecule has 0 nitrogen and oxygen atoms in total. The van der Waals surface area contributed by atoms with E-state index in [1.165, 1.54) is 30.3 Å². The average molecular weight is 1110 g/mol. The van der Waals surface area contributed by atoms with Crippen molar-refractivity contribution in [1.82, 2.24) is 0 Å². The van der Waals surface area contributed by atoms with Gasteiger partial charge in [0.1, 0.15) is 23.3 Å². The number of hydrogen-bond acceptors (Lipinski definition) is 0. The second-order valence-corrected chi connectivity index (χ2v) is 25.5. The van der Waals surface area contributed by atoms with Crippen molar-refractivity contribution in [3.05, 3.63) is 152 Å². The Kier molecular flexibility index (Phi) is 20.7. The van der Waals surface area contributed by atoms with Crippen molar-refractivity contribution in [2.75, 3.05) is 5.34 Å². The Morgan fingerprint density at radius 1 is 0.403 bits per heavy atom. The minimum atomic E-state index is -5.30. The molecule has 5 aromatic carbocycles. The van der Waals surface area contributed by atoms with Gasteiger partial charge in [-0.25, -0.2) is 87.8 Å². The van der Waals surface area contributed by atoms with E-state index in [0.717, 1.165) is 0 Å². The van der Waals surface area contributed by atoms with Crippen LogP contribution in [0.5, 0.6) is 0 Å². The van der Waals surface area contributed by atoms with E-state index in [-0.39, 0.29) is 10.9 Å². The second kappa shape index (κ2) is 24.0. The zero-order valence-corrected chi connectivity index (χ0v) is 41.9. The highest BCUT2D eigenvalue weighted by Crippen LogP contribution is 2.67. The minimum Gasteiger partial charge on any atom is -0.207 e. The van der Waals surface area contributed by atoms with Crippen LogP contribution < -0.4 is 21.9 Å². The molecule has 0 aromatic heterocycles. The molecular weight excluding hydrogens is 1070 g/mol. The van der Waals surface area contributed by atoms with E-state index < -0.39 is 185 Å². The standard InChI is InChI=1S/C34H13B2F20.C12H27P.CH2Cl2/c37-15-11(16(38)24(46)31(53)23(15)45)35(12-17(39)25(47)32(54)26(48)18(12)40)10(8-4-7-9-5-2-1-3-6-9)36(13-19(41)27(49)33(55)28(50)20(13)42)14-21(43)29(51)34(56)30(52)22(14)44;1-10(2,3)13(11(4,5)6)12(7,8)9;2-1-3/h1-3,5-6,10,35H,4,7-8H2;1-9H3;1H2/q-1;;/p+1/t10-;;/m1../s1. The van der Waals surface area contributed by atoms with Crippen LogP contribution in [0.25, 0.3) is 0 Å². The maximum Gasteiger partial charge on any atom is 0.200 e. The first kappa shape index (κ1) is 62.1. The van der Waals surface area contributed by atoms with Gasteiger partial charge in [-0.3, -0.25) is 0 Å². The van der Waals surface area contributed by atoms with E-state index in [4.69, 9.17) is 23.2 Å². The van der Waals surface area contributed by atoms with Gasteiger partial charge in [0.2, 0.25) is 0 Å². The van der Waals surface area contributed by atoms with E-state index in [9.17, 15) is 52.7 Å². The quantitative estimate of drug-likeness (QED) is 0.0327. The normalized spacial score (nSPS) is 12.5. The summed E-state index contributed by atoms with van der Waals surface area (Å²) in [5.41, 5.74) is -13.8. The molecule has 0 aliphatic carbocycles. The van der Waals surface area contributed by atoms with Crippen molar-refractivity contribution >= 4 is 66.4 Å². The summed E-state index contributed by atoms with van der Waals surface area (Å²) in [5, 5.41) is 1.66. The van der Waals surface area contributed by atoms with Gasteiger partial charge in [-0.1, -0.05) is 43.2 Å². The van der Waals surface area contributed by atoms with Crippen LogP contribution >= 0.6 is 31.1 Å². The van der Waals surface area contributed by atoms with Crippen molar-refractivity contribution in [3.8, 4) is 0 Å². The van der Waals surface area contributed by atoms with Gasteiger partial charge in [0, 0.05) is 7.92 Å². The fourth-order valence-electron chi connectivity index (χ4n) is 10.3. The molecule has 0 aliphatic heterocycles. The SMILES string of the molecule is CC(C)(C)[PH+](C(C)(C)C)C(C)(C)C.ClCCl.Fc1c(F)c(F)c(B(c2c(F)c(F)c(F)c(F)c2F)[C@H](CCCc2ccccc2)[BH-](c2c(F)c(F)c(F)c(F)c2F)c2c(F)c(F)c(F)c(F)c2F)c(F)c1F. The topological polar surface area (TPSA) is 0 Å². The summed E-state index contributed by atoms with van der Waals surface area (Å²) in [4.78, 5) is 0. The predicted octanol–water partition coefficient (Wildman–Crippen LogP) is 14.1. The molecule has 5 rings (SSSR count). The summed E-state index contributed by atoms with van der Waals surface area (Å²) in [6.45, 7) is 12.4. The molecule has 0 heterocycles. The molecule has 0 saturated heterocycles. The Hall–Kier alpha value is -4.16. The van der Waals surface area contributed by atoms with Crippen LogP contribution in [0.1, 0.15) is 80.7 Å². The van der Waals surface area contributed by atoms with Gasteiger partial charge in [0.15, 0.2) is 99.8 Å². The summed E-state index contributed by atoms with van der Waals surface area (Å²) < 4.78 is 301. The van der Waals surface area contributed by atoms with Crippen LogP contribution in [0.15, 0.2) is 30.3 Å². The van der Waals surface area contributed by atoms with E-state index in [1.54, 1.807) is 0 Å². The maximum absolute atomic E-state index is 15.7. The summed E-state index contributed by atoms with van der Waals surface area (Å²) in [6.07, 6.45) is -2.89. The van der Waals surface area contributed by atoms with E-state index in [1.807, 2.05) is 0 Å². The number of halogens is 22. The molecule has 0 saturated carbocycles. The molecule has 0 N–H and O–H groups in total. The van der Waals surface area contributed by atoms with Crippen LogP contribution in [0.3, 0.4) is 0 Å². The Balaban J connectivity index is 0.000000737. The van der Waals surface area contributed by atoms with Gasteiger partial charge in [0.05, 0.1) is 27.5 Å². The van der Waals surface area contributed by atoms with Gasteiger partial charge in [0.25, 0.3) is 0 Å². The van der Waals surface area contributed by atoms with Gasteiger partial charge in [-0.05, 0) is 85.2 Å². The highest BCUT2D eigenvalue weighted by Gasteiger charge is 2.50. The van der Waals surface area contributed by atoms with Crippen molar-refractivity contribution in [1.29, 1.82) is 0 Å². The lowest BCUT2D eigenvalue weighted by molar-refractivity contribution is 0.381. The Morgan fingerprint density at radius 2 is 0.639 bits per heavy atom. The Labute approximate surface area is 413 Å². The zero-order valence-electron chi connectivity index (χ0n) is 39.4. The highest BCUT2D eigenvalue weighted by atomic mass is 35.5. The lowest BCUT2D eigenvalue weighted by Crippen LogP contribution is -2.63. The molecular formula is C47H43B2Cl2F20P. The molecule has 25 heteroatoms. The summed E-state index contributed by atoms with van der Waals surface area (Å²) in [7, 11) is -0.391. The van der Waals surface area contributed by atoms with Crippen LogP contribution in [0, 0.1) is 116 Å². The van der Waals surface area contributed by atoms with Gasteiger partial charge in [-0.2, -0.15) is 5.72 Å². The fourth-order valence-corrected chi connectivity index (χ4v) is 17.0. The number of hydrogen-bond donors (Lipinski definition) is 0. The molecule has 0 bridgehead atoms. The zero-order chi connectivity index (χ0) is 55.6. The van der Waals surface area contributed by atoms with Gasteiger partial charge >= 0.3 is 0 Å². The molecule has 0 aliphatic rings. The first-order chi connectivity index (χ1) is 33.0. The third kappa shape index (κ3) is 12.7. The van der Waals surface area contributed by atoms with E-state index in [2.05, 4.69) is 62.3 Å². The highest BCUT2D eigenvalue weighted by molar-refractivity contribution is 7.62. The third-order valence-electron chi connectivity index (χ3n) is 11.6. The van der Waals surface area contributed by atoms with Gasteiger partial charge < -0.3 is 0 Å². The van der Waals surface area contributed by atoms with Crippen molar-refractivity contribution in [2.24, 2.45) is 0 Å². The van der Waals surface area contributed by atoms with E-state index in [0.29, 0.717) is 15.5 Å². The largest absolute Gasteiger partial charge is 0.207 e. The number of benzene rings is 5. The van der Waals surface area contributed by atoms with Crippen molar-refractivity contribution in [2.45, 2.75) is 103 Å². The molecule has 72 heavy (non-hydrogen) atoms. The van der Waals surface area contributed by atoms with E-state index >= 15 is 35.1 Å². The maximum atomic E-state index is 15.7. The Morgan fingerprint density at radius 3 is 0.875 bits per heavy atom. The molecule has 1 atom stereocenters. The van der Waals surface area contributed by atoms with Crippen LogP contribution in [0.4, 0.5) is 87.8 Å². The molecule has 0 spiro atoms. The van der Waals surface area contributed by atoms with Gasteiger partial charge in [-0.15, -0.1) is 34.1 Å². The summed E-state index contributed by atoms with van der Waals surface area (Å²) in [5.74, 6) is -62.1. The first-order valence-corrected chi connectivity index (χ1v) is 23.8. The monoisotopic (exact) mass is 1110 g/mol. The first-order valence-electron chi connectivity index (χ1n) is 21.3. The third-order valence-corrected chi connectivity index (χ3v) is 16.1. The summed E-state index contributed by atoms with van der Waals surface area (Å²) in [6, 6.07) is 6.69. The van der Waals surface area contributed by atoms with Crippen molar-refractivity contribution < 1.29 is 87.8 Å². The molecule has 5 aromatic rings. The molecule has 0 unspecified atom stereocenters. The Bertz CT molecular complexity index is 2350. The molecule has 0 amide bonds. The number of aryl methyl sites for hydroxylation is 1. The predicted molar refractivity (Wildman–Crippen MR) is 244 cm³/mol. The lowest BCUT2D eigenvalue weighted by atomic mass is 9.14. The molecule has 396 valence electrons. The summed E-state index contributed by atoms with van der Waals surface area (Å²) >= 11 is 9.53. The second-order valence-electron chi connectivity index (χ2n) is 19.5. The fraction of sp³-hybridized carbons (Fsp3) is 0.362. The molecule has 0 radical (unpaired) electrons. The van der Waals surface area contributed by atoms with Crippen molar-refractivity contribution in [3.63, 3.8) is 0 Å². The lowest BCUT2D eigenvalue weighted by Gasteiger charge is -2.42.